The minimum atomic E-state index is 0.00243. The Morgan fingerprint density at radius 2 is 1.54 bits per heavy atom. The van der Waals surface area contributed by atoms with Gasteiger partial charge in [-0.3, -0.25) is 9.78 Å². The Hall–Kier alpha value is -3.14. The second-order valence-electron chi connectivity index (χ2n) is 5.48. The monoisotopic (exact) mass is 317 g/mol. The van der Waals surface area contributed by atoms with Gasteiger partial charge >= 0.3 is 0 Å². The van der Waals surface area contributed by atoms with E-state index in [2.05, 4.69) is 15.6 Å². The fourth-order valence-electron chi connectivity index (χ4n) is 2.35. The molecule has 1 amide bonds. The first-order valence-electron chi connectivity index (χ1n) is 7.90. The molecule has 0 aliphatic rings. The van der Waals surface area contributed by atoms with E-state index in [0.717, 1.165) is 22.6 Å². The van der Waals surface area contributed by atoms with Crippen molar-refractivity contribution in [1.29, 1.82) is 0 Å². The lowest BCUT2D eigenvalue weighted by Gasteiger charge is -2.08. The van der Waals surface area contributed by atoms with E-state index in [4.69, 9.17) is 0 Å². The molecule has 120 valence electrons. The highest BCUT2D eigenvalue weighted by atomic mass is 16.1. The van der Waals surface area contributed by atoms with Crippen molar-refractivity contribution in [3.05, 3.63) is 84.7 Å². The molecule has 0 saturated carbocycles. The van der Waals surface area contributed by atoms with Crippen molar-refractivity contribution in [2.75, 3.05) is 10.6 Å². The van der Waals surface area contributed by atoms with Crippen LogP contribution >= 0.6 is 0 Å². The Morgan fingerprint density at radius 3 is 2.25 bits per heavy atom. The molecule has 3 rings (SSSR count). The molecule has 0 unspecified atom stereocenters. The zero-order valence-corrected chi connectivity index (χ0v) is 13.3. The predicted octanol–water partition coefficient (Wildman–Crippen LogP) is 4.40. The number of hydrogen-bond donors (Lipinski definition) is 2. The third-order valence-electron chi connectivity index (χ3n) is 3.59. The van der Waals surface area contributed by atoms with E-state index in [9.17, 15) is 4.79 Å². The molecule has 0 atom stereocenters. The van der Waals surface area contributed by atoms with Crippen molar-refractivity contribution >= 4 is 23.0 Å². The van der Waals surface area contributed by atoms with Crippen LogP contribution in [0.3, 0.4) is 0 Å². The maximum absolute atomic E-state index is 12.0. The zero-order chi connectivity index (χ0) is 16.6. The number of pyridine rings is 1. The summed E-state index contributed by atoms with van der Waals surface area (Å²) in [6.45, 7) is 0. The van der Waals surface area contributed by atoms with Crippen molar-refractivity contribution in [3.8, 4) is 0 Å². The Balaban J connectivity index is 1.51. The third kappa shape index (κ3) is 4.68. The molecule has 0 aliphatic carbocycles. The first kappa shape index (κ1) is 15.7. The average Bonchev–Trinajstić information content (AvgIpc) is 2.63. The van der Waals surface area contributed by atoms with Gasteiger partial charge in [0.05, 0.1) is 0 Å². The Bertz CT molecular complexity index is 771. The van der Waals surface area contributed by atoms with Gasteiger partial charge in [-0.25, -0.2) is 0 Å². The van der Waals surface area contributed by atoms with Gasteiger partial charge in [0.25, 0.3) is 0 Å². The highest BCUT2D eigenvalue weighted by molar-refractivity contribution is 5.91. The van der Waals surface area contributed by atoms with E-state index < -0.39 is 0 Å². The highest BCUT2D eigenvalue weighted by Crippen LogP contribution is 2.18. The molecule has 1 heterocycles. The molecule has 0 aliphatic heterocycles. The summed E-state index contributed by atoms with van der Waals surface area (Å²) < 4.78 is 0. The number of anilines is 3. The topological polar surface area (TPSA) is 54.0 Å². The van der Waals surface area contributed by atoms with Gasteiger partial charge in [0.1, 0.15) is 0 Å². The van der Waals surface area contributed by atoms with Crippen LogP contribution < -0.4 is 10.6 Å². The smallest absolute Gasteiger partial charge is 0.224 e. The van der Waals surface area contributed by atoms with Crippen LogP contribution in [0.15, 0.2) is 79.1 Å². The molecule has 0 saturated heterocycles. The second kappa shape index (κ2) is 7.92. The van der Waals surface area contributed by atoms with Crippen LogP contribution in [0.4, 0.5) is 17.1 Å². The number of hydrogen-bond acceptors (Lipinski definition) is 3. The number of nitrogens with one attached hydrogen (secondary N) is 2. The van der Waals surface area contributed by atoms with Crippen molar-refractivity contribution in [1.82, 2.24) is 4.98 Å². The van der Waals surface area contributed by atoms with Crippen LogP contribution in [0.5, 0.6) is 0 Å². The maximum Gasteiger partial charge on any atom is 0.224 e. The number of aryl methyl sites for hydroxylation is 1. The summed E-state index contributed by atoms with van der Waals surface area (Å²) in [5, 5.41) is 6.23. The summed E-state index contributed by atoms with van der Waals surface area (Å²) in [4.78, 5) is 16.1. The molecule has 0 bridgehead atoms. The van der Waals surface area contributed by atoms with Crippen LogP contribution in [-0.2, 0) is 11.2 Å². The first-order valence-corrected chi connectivity index (χ1v) is 7.90. The summed E-state index contributed by atoms with van der Waals surface area (Å²) in [6.07, 6.45) is 4.65. The zero-order valence-electron chi connectivity index (χ0n) is 13.3. The van der Waals surface area contributed by atoms with E-state index in [1.54, 1.807) is 12.4 Å². The summed E-state index contributed by atoms with van der Waals surface area (Å²) in [5.74, 6) is 0.00243. The SMILES string of the molecule is O=C(CCc1cccnc1)Nc1ccc(Nc2ccccc2)cc1. The van der Waals surface area contributed by atoms with Crippen LogP contribution in [0.1, 0.15) is 12.0 Å². The van der Waals surface area contributed by atoms with Gasteiger partial charge < -0.3 is 10.6 Å². The highest BCUT2D eigenvalue weighted by Gasteiger charge is 2.03. The lowest BCUT2D eigenvalue weighted by atomic mass is 10.1. The van der Waals surface area contributed by atoms with Gasteiger partial charge in [-0.05, 0) is 54.4 Å². The lowest BCUT2D eigenvalue weighted by molar-refractivity contribution is -0.116. The fraction of sp³-hybridized carbons (Fsp3) is 0.100. The molecular formula is C20H19N3O. The van der Waals surface area contributed by atoms with Crippen LogP contribution in [0.2, 0.25) is 0 Å². The third-order valence-corrected chi connectivity index (χ3v) is 3.59. The number of para-hydroxylation sites is 1. The minimum Gasteiger partial charge on any atom is -0.356 e. The van der Waals surface area contributed by atoms with E-state index in [0.29, 0.717) is 12.8 Å². The standard InChI is InChI=1S/C20H19N3O/c24-20(13-8-16-5-4-14-21-15-16)23-19-11-9-18(10-12-19)22-17-6-2-1-3-7-17/h1-7,9-12,14-15,22H,8,13H2,(H,23,24). The van der Waals surface area contributed by atoms with E-state index in [1.165, 1.54) is 0 Å². The minimum absolute atomic E-state index is 0.00243. The van der Waals surface area contributed by atoms with E-state index in [1.807, 2.05) is 66.7 Å². The Labute approximate surface area is 141 Å². The Kier molecular flexibility index (Phi) is 5.20. The van der Waals surface area contributed by atoms with Crippen LogP contribution in [0, 0.1) is 0 Å². The van der Waals surface area contributed by atoms with Crippen molar-refractivity contribution in [3.63, 3.8) is 0 Å². The number of rotatable bonds is 6. The lowest BCUT2D eigenvalue weighted by Crippen LogP contribution is -2.12. The summed E-state index contributed by atoms with van der Waals surface area (Å²) in [6, 6.07) is 21.5. The van der Waals surface area contributed by atoms with Crippen LogP contribution in [0.25, 0.3) is 0 Å². The van der Waals surface area contributed by atoms with E-state index in [-0.39, 0.29) is 5.91 Å². The van der Waals surface area contributed by atoms with Gasteiger partial charge in [0.15, 0.2) is 0 Å². The molecular weight excluding hydrogens is 298 g/mol. The fourth-order valence-corrected chi connectivity index (χ4v) is 2.35. The number of amides is 1. The number of carbonyl (C=O) groups is 1. The van der Waals surface area contributed by atoms with Crippen molar-refractivity contribution < 1.29 is 4.79 Å². The summed E-state index contributed by atoms with van der Waals surface area (Å²) in [7, 11) is 0. The molecule has 2 N–H and O–H groups in total. The normalized spacial score (nSPS) is 10.2. The van der Waals surface area contributed by atoms with Crippen molar-refractivity contribution in [2.45, 2.75) is 12.8 Å². The molecule has 4 heteroatoms. The van der Waals surface area contributed by atoms with Gasteiger partial charge in [-0.15, -0.1) is 0 Å². The molecule has 0 radical (unpaired) electrons. The van der Waals surface area contributed by atoms with Gasteiger partial charge in [0.2, 0.25) is 5.91 Å². The molecule has 4 nitrogen and oxygen atoms in total. The largest absolute Gasteiger partial charge is 0.356 e. The quantitative estimate of drug-likeness (QED) is 0.708. The number of carbonyl (C=O) groups excluding carboxylic acids is 1. The molecule has 1 aromatic heterocycles. The molecule has 0 fully saturated rings. The van der Waals surface area contributed by atoms with Crippen LogP contribution in [-0.4, -0.2) is 10.9 Å². The Morgan fingerprint density at radius 1 is 0.833 bits per heavy atom. The molecule has 0 spiro atoms. The number of nitrogens with zero attached hydrogens (tertiary/aromatic N) is 1. The summed E-state index contributed by atoms with van der Waals surface area (Å²) >= 11 is 0. The van der Waals surface area contributed by atoms with Crippen molar-refractivity contribution in [2.24, 2.45) is 0 Å². The summed E-state index contributed by atoms with van der Waals surface area (Å²) in [5.41, 5.74) is 3.88. The predicted molar refractivity (Wildman–Crippen MR) is 97.4 cm³/mol. The molecule has 24 heavy (non-hydrogen) atoms. The average molecular weight is 317 g/mol. The molecule has 2 aromatic carbocycles. The maximum atomic E-state index is 12.0. The van der Waals surface area contributed by atoms with Gasteiger partial charge in [-0.2, -0.15) is 0 Å². The number of aromatic nitrogens is 1. The van der Waals surface area contributed by atoms with Gasteiger partial charge in [0, 0.05) is 35.9 Å². The van der Waals surface area contributed by atoms with Gasteiger partial charge in [-0.1, -0.05) is 24.3 Å². The molecule has 3 aromatic rings. The number of benzene rings is 2. The first-order chi connectivity index (χ1) is 11.8. The second-order valence-corrected chi connectivity index (χ2v) is 5.48. The van der Waals surface area contributed by atoms with E-state index >= 15 is 0 Å².